The van der Waals surface area contributed by atoms with Gasteiger partial charge in [0.25, 0.3) is 0 Å². The molecule has 0 spiro atoms. The molecule has 0 saturated carbocycles. The van der Waals surface area contributed by atoms with Gasteiger partial charge < -0.3 is 19.6 Å². The van der Waals surface area contributed by atoms with E-state index < -0.39 is 0 Å². The van der Waals surface area contributed by atoms with Crippen molar-refractivity contribution in [3.63, 3.8) is 0 Å². The van der Waals surface area contributed by atoms with Crippen LogP contribution in [-0.4, -0.2) is 29.4 Å². The maximum absolute atomic E-state index is 8.10. The Bertz CT molecular complexity index is 1090. The molecule has 0 aliphatic heterocycles. The number of aromatic nitrogens is 1. The van der Waals surface area contributed by atoms with Gasteiger partial charge >= 0.3 is 0 Å². The molecule has 2 aromatic carbocycles. The summed E-state index contributed by atoms with van der Waals surface area (Å²) >= 11 is 0. The summed E-state index contributed by atoms with van der Waals surface area (Å²) in [6, 6.07) is 13.2. The number of hydrogen-bond acceptors (Lipinski definition) is 4. The van der Waals surface area contributed by atoms with Gasteiger partial charge in [-0.1, -0.05) is 41.7 Å². The monoisotopic (exact) mass is 505 g/mol. The number of hydrogen-bond donors (Lipinski definition) is 2. The van der Waals surface area contributed by atoms with E-state index in [-0.39, 0.29) is 50.1 Å². The number of para-hydroxylation sites is 1. The average molecular weight is 505 g/mol. The van der Waals surface area contributed by atoms with Crippen LogP contribution in [0.3, 0.4) is 0 Å². The fourth-order valence-corrected chi connectivity index (χ4v) is 2.25. The van der Waals surface area contributed by atoms with E-state index in [4.69, 9.17) is 20.1 Å². The number of furan rings is 1. The predicted octanol–water partition coefficient (Wildman–Crippen LogP) is 3.66. The van der Waals surface area contributed by atoms with Gasteiger partial charge in [-0.15, -0.1) is 17.7 Å². The molecule has 127 valence electrons. The fourth-order valence-electron chi connectivity index (χ4n) is 2.25. The molecule has 2 heterocycles. The summed E-state index contributed by atoms with van der Waals surface area (Å²) < 4.78 is 37.1. The number of rotatable bonds is 1. The topological polar surface area (TPSA) is 66.5 Å². The standard InChI is InChI=1S/C17H10NO.2CH4O.Ir/c1-2-9-15-13(6-1)17-12(7-5-10-16(17)19-15)14-8-3-4-11-18-14;2*1-2;/h1-6,8-11H;2*2H,1H3;/q-1;;;/i3D,4D,8D,11D;;;. The van der Waals surface area contributed by atoms with Crippen molar-refractivity contribution < 1.29 is 40.2 Å². The normalized spacial score (nSPS) is 11.7. The quantitative estimate of drug-likeness (QED) is 0.389. The van der Waals surface area contributed by atoms with E-state index in [0.717, 1.165) is 25.0 Å². The first-order valence-electron chi connectivity index (χ1n) is 8.74. The van der Waals surface area contributed by atoms with E-state index in [0.29, 0.717) is 16.7 Å². The van der Waals surface area contributed by atoms with Gasteiger partial charge in [0.2, 0.25) is 0 Å². The van der Waals surface area contributed by atoms with E-state index in [1.165, 1.54) is 0 Å². The van der Waals surface area contributed by atoms with Gasteiger partial charge in [0, 0.05) is 40.5 Å². The van der Waals surface area contributed by atoms with Crippen molar-refractivity contribution in [2.45, 2.75) is 0 Å². The molecular weight excluding hydrogens is 482 g/mol. The zero-order chi connectivity index (χ0) is 20.1. The van der Waals surface area contributed by atoms with Crippen molar-refractivity contribution in [1.82, 2.24) is 4.98 Å². The Hall–Kier alpha value is -2.04. The van der Waals surface area contributed by atoms with Crippen LogP contribution < -0.4 is 0 Å². The molecule has 4 aromatic rings. The Morgan fingerprint density at radius 1 is 1.04 bits per heavy atom. The van der Waals surface area contributed by atoms with Crippen molar-refractivity contribution in [2.75, 3.05) is 14.2 Å². The summed E-state index contributed by atoms with van der Waals surface area (Å²) in [7, 11) is 2.00. The number of pyridine rings is 1. The van der Waals surface area contributed by atoms with Crippen molar-refractivity contribution in [2.24, 2.45) is 0 Å². The van der Waals surface area contributed by atoms with Crippen LogP contribution >= 0.6 is 0 Å². The third kappa shape index (κ3) is 3.89. The Balaban J connectivity index is 0.000000739. The summed E-state index contributed by atoms with van der Waals surface area (Å²) in [4.78, 5) is 4.04. The first kappa shape index (κ1) is 14.3. The van der Waals surface area contributed by atoms with Crippen molar-refractivity contribution in [3.8, 4) is 11.3 Å². The van der Waals surface area contributed by atoms with Gasteiger partial charge in [-0.3, -0.25) is 0 Å². The molecule has 1 radical (unpaired) electrons. The van der Waals surface area contributed by atoms with Crippen molar-refractivity contribution in [3.05, 3.63) is 66.8 Å². The average Bonchev–Trinajstić information content (AvgIpc) is 3.11. The summed E-state index contributed by atoms with van der Waals surface area (Å²) in [5.74, 6) is 0. The minimum absolute atomic E-state index is 0. The maximum atomic E-state index is 8.10. The zero-order valence-electron chi connectivity index (χ0n) is 17.0. The fraction of sp³-hybridized carbons (Fsp3) is 0.105. The SMILES string of the molecule is CO.CO.[2H]c1nc(-c2[c-]ccc3oc4ccccc4c23)c([2H])c([2H])c1[2H].[Ir]. The second-order valence-electron chi connectivity index (χ2n) is 4.14. The molecule has 2 N–H and O–H groups in total. The molecule has 24 heavy (non-hydrogen) atoms. The van der Waals surface area contributed by atoms with Crippen LogP contribution in [0.2, 0.25) is 0 Å². The van der Waals surface area contributed by atoms with Crippen LogP contribution in [0.25, 0.3) is 33.2 Å². The first-order chi connectivity index (χ1) is 13.1. The van der Waals surface area contributed by atoms with Gasteiger partial charge in [-0.25, -0.2) is 0 Å². The van der Waals surface area contributed by atoms with Crippen LogP contribution in [0.4, 0.5) is 0 Å². The summed E-state index contributed by atoms with van der Waals surface area (Å²) in [5, 5.41) is 15.6. The van der Waals surface area contributed by atoms with Crippen LogP contribution in [-0.2, 0) is 20.1 Å². The Morgan fingerprint density at radius 2 is 1.79 bits per heavy atom. The van der Waals surface area contributed by atoms with Gasteiger partial charge in [0.05, 0.1) is 11.1 Å². The molecule has 5 heteroatoms. The van der Waals surface area contributed by atoms with Crippen LogP contribution in [0.15, 0.2) is 65.1 Å². The number of aliphatic hydroxyl groups excluding tert-OH is 2. The van der Waals surface area contributed by atoms with Crippen molar-refractivity contribution in [1.29, 1.82) is 0 Å². The molecule has 0 aliphatic carbocycles. The molecule has 0 fully saturated rings. The number of aliphatic hydroxyl groups is 2. The molecule has 4 rings (SSSR count). The first-order valence-corrected chi connectivity index (χ1v) is 6.74. The number of fused-ring (bicyclic) bond motifs is 3. The Labute approximate surface area is 159 Å². The Kier molecular flexibility index (Phi) is 5.94. The second kappa shape index (κ2) is 9.96. The molecule has 0 saturated heterocycles. The van der Waals surface area contributed by atoms with Crippen LogP contribution in [0.5, 0.6) is 0 Å². The molecule has 0 aliphatic rings. The minimum Gasteiger partial charge on any atom is -0.476 e. The Morgan fingerprint density at radius 3 is 2.58 bits per heavy atom. The maximum Gasteiger partial charge on any atom is 0.123 e. The van der Waals surface area contributed by atoms with Crippen molar-refractivity contribution >= 4 is 21.9 Å². The van der Waals surface area contributed by atoms with E-state index in [2.05, 4.69) is 11.1 Å². The zero-order valence-corrected chi connectivity index (χ0v) is 15.4. The summed E-state index contributed by atoms with van der Waals surface area (Å²) in [6.07, 6.45) is -0.320. The molecule has 4 nitrogen and oxygen atoms in total. The van der Waals surface area contributed by atoms with E-state index in [1.807, 2.05) is 24.3 Å². The summed E-state index contributed by atoms with van der Waals surface area (Å²) in [5.41, 5.74) is 2.03. The predicted molar refractivity (Wildman–Crippen MR) is 92.1 cm³/mol. The van der Waals surface area contributed by atoms with Gasteiger partial charge in [0.15, 0.2) is 0 Å². The van der Waals surface area contributed by atoms with E-state index in [1.54, 1.807) is 12.1 Å². The molecule has 0 bridgehead atoms. The van der Waals surface area contributed by atoms with Gasteiger partial charge in [-0.2, -0.15) is 0 Å². The molecule has 2 aromatic heterocycles. The van der Waals surface area contributed by atoms with E-state index >= 15 is 0 Å². The number of benzene rings is 2. The van der Waals surface area contributed by atoms with Gasteiger partial charge in [0.1, 0.15) is 5.58 Å². The van der Waals surface area contributed by atoms with Crippen LogP contribution in [0, 0.1) is 6.07 Å². The minimum atomic E-state index is -0.344. The molecule has 0 amide bonds. The molecule has 0 atom stereocenters. The number of nitrogens with zero attached hydrogens (tertiary/aromatic N) is 1. The van der Waals surface area contributed by atoms with Gasteiger partial charge in [-0.05, 0) is 23.2 Å². The third-order valence-corrected chi connectivity index (χ3v) is 3.04. The largest absolute Gasteiger partial charge is 0.476 e. The third-order valence-electron chi connectivity index (χ3n) is 3.04. The van der Waals surface area contributed by atoms with Crippen LogP contribution in [0.1, 0.15) is 5.48 Å². The molecular formula is C19H18IrNO3-. The van der Waals surface area contributed by atoms with E-state index in [9.17, 15) is 0 Å². The molecule has 0 unspecified atom stereocenters. The smallest absolute Gasteiger partial charge is 0.123 e. The second-order valence-corrected chi connectivity index (χ2v) is 4.14. The summed E-state index contributed by atoms with van der Waals surface area (Å²) in [6.45, 7) is 0.